The number of carbonyl (C=O) groups is 1. The SMILES string of the molecule is O=C1/C=C\C=C2\C=CC=C2\C=C/C=C\C=C/O1. The first-order valence-electron chi connectivity index (χ1n) is 5.34. The Kier molecular flexibility index (Phi) is 3.71. The normalized spacial score (nSPS) is 29.3. The van der Waals surface area contributed by atoms with Gasteiger partial charge in [-0.3, -0.25) is 0 Å². The largest absolute Gasteiger partial charge is 0.431 e. The summed E-state index contributed by atoms with van der Waals surface area (Å²) in [5.74, 6) is -0.383. The number of hydrogen-bond acceptors (Lipinski definition) is 2. The van der Waals surface area contributed by atoms with Gasteiger partial charge in [-0.2, -0.15) is 0 Å². The predicted octanol–water partition coefficient (Wildman–Crippen LogP) is 3.15. The van der Waals surface area contributed by atoms with Crippen LogP contribution in [0.25, 0.3) is 0 Å². The Balaban J connectivity index is 2.26. The molecular formula is C15H12O2. The van der Waals surface area contributed by atoms with Crippen LogP contribution in [-0.2, 0) is 9.53 Å². The third-order valence-corrected chi connectivity index (χ3v) is 2.26. The molecule has 0 amide bonds. The van der Waals surface area contributed by atoms with E-state index in [0.717, 1.165) is 11.1 Å². The van der Waals surface area contributed by atoms with Crippen LogP contribution in [0.5, 0.6) is 0 Å². The molecule has 17 heavy (non-hydrogen) atoms. The average molecular weight is 224 g/mol. The van der Waals surface area contributed by atoms with Gasteiger partial charge in [-0.05, 0) is 17.2 Å². The van der Waals surface area contributed by atoms with Crippen LogP contribution in [0.15, 0.2) is 84.2 Å². The topological polar surface area (TPSA) is 26.3 Å². The molecule has 0 fully saturated rings. The lowest BCUT2D eigenvalue weighted by Crippen LogP contribution is -1.92. The van der Waals surface area contributed by atoms with Gasteiger partial charge < -0.3 is 4.74 Å². The molecule has 0 aromatic rings. The zero-order chi connectivity index (χ0) is 11.9. The van der Waals surface area contributed by atoms with E-state index in [4.69, 9.17) is 4.74 Å². The van der Waals surface area contributed by atoms with Crippen molar-refractivity contribution in [1.82, 2.24) is 0 Å². The third-order valence-electron chi connectivity index (χ3n) is 2.26. The molecule has 2 rings (SSSR count). The first-order valence-corrected chi connectivity index (χ1v) is 5.34. The molecule has 0 saturated heterocycles. The number of fused-ring (bicyclic) bond motifs is 1. The van der Waals surface area contributed by atoms with Gasteiger partial charge >= 0.3 is 5.97 Å². The van der Waals surface area contributed by atoms with Crippen LogP contribution in [0, 0.1) is 0 Å². The lowest BCUT2D eigenvalue weighted by molar-refractivity contribution is -0.132. The molecule has 0 unspecified atom stereocenters. The van der Waals surface area contributed by atoms with Crippen LogP contribution in [0.4, 0.5) is 0 Å². The molecular weight excluding hydrogens is 212 g/mol. The zero-order valence-electron chi connectivity index (χ0n) is 9.24. The van der Waals surface area contributed by atoms with Gasteiger partial charge in [-0.25, -0.2) is 4.79 Å². The quantitative estimate of drug-likeness (QED) is 0.591. The third kappa shape index (κ3) is 3.31. The second-order valence-corrected chi connectivity index (χ2v) is 3.47. The molecule has 0 aromatic heterocycles. The molecule has 2 heteroatoms. The highest BCUT2D eigenvalue weighted by molar-refractivity contribution is 5.82. The smallest absolute Gasteiger partial charge is 0.335 e. The molecule has 1 aliphatic heterocycles. The highest BCUT2D eigenvalue weighted by atomic mass is 16.5. The van der Waals surface area contributed by atoms with Crippen molar-refractivity contribution in [2.45, 2.75) is 0 Å². The average Bonchev–Trinajstić information content (AvgIpc) is 2.75. The summed E-state index contributed by atoms with van der Waals surface area (Å²) in [5.41, 5.74) is 2.20. The summed E-state index contributed by atoms with van der Waals surface area (Å²) < 4.78 is 4.82. The van der Waals surface area contributed by atoms with Crippen molar-refractivity contribution in [2.75, 3.05) is 0 Å². The van der Waals surface area contributed by atoms with Crippen molar-refractivity contribution in [1.29, 1.82) is 0 Å². The molecule has 0 aromatic carbocycles. The lowest BCUT2D eigenvalue weighted by atomic mass is 10.1. The summed E-state index contributed by atoms with van der Waals surface area (Å²) in [6, 6.07) is 0. The van der Waals surface area contributed by atoms with E-state index >= 15 is 0 Å². The molecule has 0 radical (unpaired) electrons. The Morgan fingerprint density at radius 1 is 0.706 bits per heavy atom. The molecule has 0 atom stereocenters. The first-order chi connectivity index (χ1) is 8.36. The van der Waals surface area contributed by atoms with Gasteiger partial charge in [0.15, 0.2) is 0 Å². The second kappa shape index (κ2) is 5.66. The highest BCUT2D eigenvalue weighted by Crippen LogP contribution is 2.19. The van der Waals surface area contributed by atoms with Crippen molar-refractivity contribution in [3.05, 3.63) is 84.2 Å². The molecule has 1 aliphatic carbocycles. The van der Waals surface area contributed by atoms with E-state index in [2.05, 4.69) is 0 Å². The molecule has 84 valence electrons. The van der Waals surface area contributed by atoms with E-state index in [1.165, 1.54) is 12.3 Å². The maximum absolute atomic E-state index is 11.2. The van der Waals surface area contributed by atoms with Gasteiger partial charge in [0.1, 0.15) is 0 Å². The van der Waals surface area contributed by atoms with Crippen molar-refractivity contribution >= 4 is 5.97 Å². The van der Waals surface area contributed by atoms with Crippen LogP contribution in [0.1, 0.15) is 0 Å². The minimum atomic E-state index is -0.383. The monoisotopic (exact) mass is 224 g/mol. The zero-order valence-corrected chi connectivity index (χ0v) is 9.24. The van der Waals surface area contributed by atoms with E-state index in [0.29, 0.717) is 0 Å². The maximum Gasteiger partial charge on any atom is 0.335 e. The maximum atomic E-state index is 11.2. The highest BCUT2D eigenvalue weighted by Gasteiger charge is 2.01. The number of allylic oxidation sites excluding steroid dienone is 12. The molecule has 2 aliphatic rings. The van der Waals surface area contributed by atoms with Gasteiger partial charge in [0.2, 0.25) is 0 Å². The van der Waals surface area contributed by atoms with Crippen LogP contribution in [-0.4, -0.2) is 5.97 Å². The second-order valence-electron chi connectivity index (χ2n) is 3.47. The van der Waals surface area contributed by atoms with E-state index in [1.54, 1.807) is 18.2 Å². The summed E-state index contributed by atoms with van der Waals surface area (Å²) in [5, 5.41) is 0. The molecule has 0 N–H and O–H groups in total. The molecule has 0 spiro atoms. The van der Waals surface area contributed by atoms with E-state index < -0.39 is 0 Å². The van der Waals surface area contributed by atoms with Gasteiger partial charge in [0.25, 0.3) is 0 Å². The fourth-order valence-electron chi connectivity index (χ4n) is 1.46. The first kappa shape index (κ1) is 11.1. The van der Waals surface area contributed by atoms with Gasteiger partial charge in [-0.15, -0.1) is 0 Å². The van der Waals surface area contributed by atoms with Gasteiger partial charge in [0, 0.05) is 6.08 Å². The Morgan fingerprint density at radius 2 is 1.35 bits per heavy atom. The summed E-state index contributed by atoms with van der Waals surface area (Å²) >= 11 is 0. The van der Waals surface area contributed by atoms with Gasteiger partial charge in [0.05, 0.1) is 6.26 Å². The standard InChI is InChI=1S/C15H12O2/c16-15-11-6-10-14-9-5-8-13(14)7-3-1-2-4-12-17-15/h1-12H/b2-1-,7-3-,11-6-,12-4-,14-10-. The minimum Gasteiger partial charge on any atom is -0.431 e. The number of cyclic esters (lactones) is 1. The van der Waals surface area contributed by atoms with Gasteiger partial charge in [-0.1, -0.05) is 54.7 Å². The molecule has 0 saturated carbocycles. The number of carbonyl (C=O) groups excluding carboxylic acids is 1. The predicted molar refractivity (Wildman–Crippen MR) is 68.0 cm³/mol. The summed E-state index contributed by atoms with van der Waals surface area (Å²) in [6.45, 7) is 0. The number of rotatable bonds is 0. The van der Waals surface area contributed by atoms with Crippen molar-refractivity contribution in [3.63, 3.8) is 0 Å². The summed E-state index contributed by atoms with van der Waals surface area (Å²) in [6.07, 6.45) is 21.6. The van der Waals surface area contributed by atoms with Crippen molar-refractivity contribution in [2.24, 2.45) is 0 Å². The Bertz CT molecular complexity index is 509. The summed E-state index contributed by atoms with van der Waals surface area (Å²) in [7, 11) is 0. The number of ether oxygens (including phenoxy) is 1. The fourth-order valence-corrected chi connectivity index (χ4v) is 1.46. The lowest BCUT2D eigenvalue weighted by Gasteiger charge is -1.95. The fraction of sp³-hybridized carbons (Fsp3) is 0. The van der Waals surface area contributed by atoms with Crippen LogP contribution >= 0.6 is 0 Å². The molecule has 2 nitrogen and oxygen atoms in total. The van der Waals surface area contributed by atoms with E-state index in [-0.39, 0.29) is 5.97 Å². The van der Waals surface area contributed by atoms with E-state index in [9.17, 15) is 4.79 Å². The minimum absolute atomic E-state index is 0.383. The van der Waals surface area contributed by atoms with Crippen molar-refractivity contribution in [3.8, 4) is 0 Å². The Morgan fingerprint density at radius 3 is 2.18 bits per heavy atom. The number of esters is 1. The van der Waals surface area contributed by atoms with Crippen molar-refractivity contribution < 1.29 is 9.53 Å². The van der Waals surface area contributed by atoms with Crippen LogP contribution < -0.4 is 0 Å². The van der Waals surface area contributed by atoms with Crippen LogP contribution in [0.2, 0.25) is 0 Å². The Hall–Kier alpha value is -2.35. The Labute approximate surface area is 100 Å². The molecule has 1 heterocycles. The summed E-state index contributed by atoms with van der Waals surface area (Å²) in [4.78, 5) is 11.2. The number of hydrogen-bond donors (Lipinski definition) is 0. The molecule has 0 bridgehead atoms. The van der Waals surface area contributed by atoms with E-state index in [1.807, 2.05) is 42.5 Å². The van der Waals surface area contributed by atoms with Crippen LogP contribution in [0.3, 0.4) is 0 Å².